The zero-order valence-electron chi connectivity index (χ0n) is 11.5. The van der Waals surface area contributed by atoms with E-state index < -0.39 is 0 Å². The lowest BCUT2D eigenvalue weighted by Gasteiger charge is -2.16. The molecule has 0 bridgehead atoms. The normalized spacial score (nSPS) is 12.2. The second kappa shape index (κ2) is 6.07. The molecule has 0 amide bonds. The van der Waals surface area contributed by atoms with Crippen LogP contribution in [0.1, 0.15) is 37.3 Å². The van der Waals surface area contributed by atoms with Crippen molar-refractivity contribution in [3.63, 3.8) is 0 Å². The highest BCUT2D eigenvalue weighted by atomic mass is 35.5. The molecule has 0 spiro atoms. The fraction of sp³-hybridized carbons (Fsp3) is 0.312. The maximum Gasteiger partial charge on any atom is 0.134 e. The van der Waals surface area contributed by atoms with Crippen molar-refractivity contribution in [2.45, 2.75) is 33.1 Å². The summed E-state index contributed by atoms with van der Waals surface area (Å²) in [7, 11) is 0. The first kappa shape index (κ1) is 13.9. The van der Waals surface area contributed by atoms with Crippen LogP contribution in [0.15, 0.2) is 36.5 Å². The van der Waals surface area contributed by atoms with Gasteiger partial charge in [0.1, 0.15) is 16.7 Å². The molecule has 0 aliphatic rings. The fourth-order valence-corrected chi connectivity index (χ4v) is 2.06. The van der Waals surface area contributed by atoms with E-state index in [1.165, 1.54) is 5.56 Å². The highest BCUT2D eigenvalue weighted by molar-refractivity contribution is 6.29. The molecule has 0 N–H and O–H groups in total. The van der Waals surface area contributed by atoms with Gasteiger partial charge >= 0.3 is 0 Å². The Morgan fingerprint density at radius 3 is 2.74 bits per heavy atom. The summed E-state index contributed by atoms with van der Waals surface area (Å²) >= 11 is 5.92. The Kier molecular flexibility index (Phi) is 4.43. The lowest BCUT2D eigenvalue weighted by atomic mass is 9.98. The van der Waals surface area contributed by atoms with Crippen molar-refractivity contribution in [3.05, 3.63) is 52.8 Å². The molecular formula is C16H18ClNO. The maximum absolute atomic E-state index is 6.02. The smallest absolute Gasteiger partial charge is 0.134 e. The molecule has 0 aliphatic heterocycles. The average molecular weight is 276 g/mol. The second-order valence-corrected chi connectivity index (χ2v) is 5.11. The van der Waals surface area contributed by atoms with Gasteiger partial charge < -0.3 is 4.74 Å². The van der Waals surface area contributed by atoms with E-state index in [4.69, 9.17) is 16.3 Å². The van der Waals surface area contributed by atoms with Gasteiger partial charge in [-0.15, -0.1) is 0 Å². The maximum atomic E-state index is 6.02. The average Bonchev–Trinajstić information content (AvgIpc) is 2.42. The lowest BCUT2D eigenvalue weighted by Crippen LogP contribution is -1.97. The van der Waals surface area contributed by atoms with Gasteiger partial charge in [-0.05, 0) is 30.9 Å². The largest absolute Gasteiger partial charge is 0.457 e. The molecule has 0 saturated carbocycles. The van der Waals surface area contributed by atoms with Crippen molar-refractivity contribution in [3.8, 4) is 11.5 Å². The monoisotopic (exact) mass is 275 g/mol. The molecule has 2 aromatic rings. The first-order valence-corrected chi connectivity index (χ1v) is 6.88. The van der Waals surface area contributed by atoms with Gasteiger partial charge in [-0.25, -0.2) is 4.98 Å². The lowest BCUT2D eigenvalue weighted by molar-refractivity contribution is 0.466. The predicted octanol–water partition coefficient (Wildman–Crippen LogP) is 5.35. The summed E-state index contributed by atoms with van der Waals surface area (Å²) in [5.74, 6) is 2.12. The molecule has 1 unspecified atom stereocenters. The Hall–Kier alpha value is -1.54. The summed E-state index contributed by atoms with van der Waals surface area (Å²) in [6.45, 7) is 6.34. The van der Waals surface area contributed by atoms with Gasteiger partial charge in [0.2, 0.25) is 0 Å². The highest BCUT2D eigenvalue weighted by Gasteiger charge is 2.11. The van der Waals surface area contributed by atoms with Crippen LogP contribution >= 0.6 is 11.6 Å². The molecule has 0 fully saturated rings. The number of para-hydroxylation sites is 1. The van der Waals surface area contributed by atoms with Crippen molar-refractivity contribution in [1.29, 1.82) is 0 Å². The quantitative estimate of drug-likeness (QED) is 0.702. The molecule has 1 heterocycles. The fourth-order valence-electron chi connectivity index (χ4n) is 1.91. The van der Waals surface area contributed by atoms with Crippen molar-refractivity contribution in [2.75, 3.05) is 0 Å². The van der Waals surface area contributed by atoms with Crippen LogP contribution in [0, 0.1) is 6.92 Å². The Morgan fingerprint density at radius 2 is 2.00 bits per heavy atom. The number of hydrogen-bond acceptors (Lipinski definition) is 2. The zero-order chi connectivity index (χ0) is 13.8. The Morgan fingerprint density at radius 1 is 1.26 bits per heavy atom. The van der Waals surface area contributed by atoms with Gasteiger partial charge in [-0.1, -0.05) is 43.6 Å². The van der Waals surface area contributed by atoms with Crippen LogP contribution in [0.3, 0.4) is 0 Å². The molecule has 1 aromatic heterocycles. The standard InChI is InChI=1S/C16H18ClNO/c1-4-11(2)13-7-5-6-8-14(13)19-15-9-16(17)18-10-12(15)3/h5-11H,4H2,1-3H3. The summed E-state index contributed by atoms with van der Waals surface area (Å²) in [6, 6.07) is 9.89. The number of rotatable bonds is 4. The van der Waals surface area contributed by atoms with E-state index in [1.54, 1.807) is 12.3 Å². The molecular weight excluding hydrogens is 258 g/mol. The van der Waals surface area contributed by atoms with E-state index in [2.05, 4.69) is 24.9 Å². The van der Waals surface area contributed by atoms with E-state index in [0.717, 1.165) is 23.5 Å². The molecule has 2 nitrogen and oxygen atoms in total. The predicted molar refractivity (Wildman–Crippen MR) is 79.2 cm³/mol. The van der Waals surface area contributed by atoms with Crippen molar-refractivity contribution < 1.29 is 4.74 Å². The number of pyridine rings is 1. The van der Waals surface area contributed by atoms with Crippen LogP contribution in [0.2, 0.25) is 5.15 Å². The van der Waals surface area contributed by atoms with Crippen LogP contribution in [0.25, 0.3) is 0 Å². The van der Waals surface area contributed by atoms with Gasteiger partial charge in [-0.3, -0.25) is 0 Å². The molecule has 0 saturated heterocycles. The number of aryl methyl sites for hydroxylation is 1. The zero-order valence-corrected chi connectivity index (χ0v) is 12.2. The van der Waals surface area contributed by atoms with Crippen LogP contribution in [0.4, 0.5) is 0 Å². The minimum Gasteiger partial charge on any atom is -0.457 e. The summed E-state index contributed by atoms with van der Waals surface area (Å²) in [5.41, 5.74) is 2.20. The molecule has 0 aliphatic carbocycles. The number of aromatic nitrogens is 1. The third-order valence-corrected chi connectivity index (χ3v) is 3.51. The van der Waals surface area contributed by atoms with E-state index in [0.29, 0.717) is 11.1 Å². The van der Waals surface area contributed by atoms with Gasteiger partial charge in [0.15, 0.2) is 0 Å². The molecule has 19 heavy (non-hydrogen) atoms. The summed E-state index contributed by atoms with van der Waals surface area (Å²) < 4.78 is 6.02. The number of halogens is 1. The van der Waals surface area contributed by atoms with Crippen LogP contribution in [-0.4, -0.2) is 4.98 Å². The van der Waals surface area contributed by atoms with Gasteiger partial charge in [0.05, 0.1) is 0 Å². The molecule has 1 atom stereocenters. The molecule has 3 heteroatoms. The van der Waals surface area contributed by atoms with Crippen LogP contribution in [-0.2, 0) is 0 Å². The minimum atomic E-state index is 0.446. The van der Waals surface area contributed by atoms with Crippen molar-refractivity contribution in [2.24, 2.45) is 0 Å². The topological polar surface area (TPSA) is 22.1 Å². The van der Waals surface area contributed by atoms with Gasteiger partial charge in [0.25, 0.3) is 0 Å². The Balaban J connectivity index is 2.35. The van der Waals surface area contributed by atoms with Crippen molar-refractivity contribution >= 4 is 11.6 Å². The number of benzene rings is 1. The first-order chi connectivity index (χ1) is 9.11. The SMILES string of the molecule is CCC(C)c1ccccc1Oc1cc(Cl)ncc1C. The number of hydrogen-bond donors (Lipinski definition) is 0. The molecule has 2 rings (SSSR count). The summed E-state index contributed by atoms with van der Waals surface area (Å²) in [6.07, 6.45) is 2.81. The third kappa shape index (κ3) is 3.27. The number of nitrogens with zero attached hydrogens (tertiary/aromatic N) is 1. The molecule has 100 valence electrons. The Labute approximate surface area is 119 Å². The molecule has 1 aromatic carbocycles. The number of ether oxygens (including phenoxy) is 1. The van der Waals surface area contributed by atoms with E-state index in [-0.39, 0.29) is 0 Å². The second-order valence-electron chi connectivity index (χ2n) is 4.72. The first-order valence-electron chi connectivity index (χ1n) is 6.50. The van der Waals surface area contributed by atoms with E-state index in [9.17, 15) is 0 Å². The Bertz CT molecular complexity index is 568. The van der Waals surface area contributed by atoms with Crippen LogP contribution in [0.5, 0.6) is 11.5 Å². The van der Waals surface area contributed by atoms with E-state index >= 15 is 0 Å². The minimum absolute atomic E-state index is 0.446. The van der Waals surface area contributed by atoms with Gasteiger partial charge in [0, 0.05) is 17.8 Å². The summed E-state index contributed by atoms with van der Waals surface area (Å²) in [4.78, 5) is 4.04. The third-order valence-electron chi connectivity index (χ3n) is 3.30. The van der Waals surface area contributed by atoms with Gasteiger partial charge in [-0.2, -0.15) is 0 Å². The van der Waals surface area contributed by atoms with Crippen LogP contribution < -0.4 is 4.74 Å². The molecule has 0 radical (unpaired) electrons. The summed E-state index contributed by atoms with van der Waals surface area (Å²) in [5, 5.41) is 0.446. The van der Waals surface area contributed by atoms with Crippen molar-refractivity contribution in [1.82, 2.24) is 4.98 Å². The highest BCUT2D eigenvalue weighted by Crippen LogP contribution is 2.33. The van der Waals surface area contributed by atoms with E-state index in [1.807, 2.05) is 25.1 Å².